The largest absolute Gasteiger partial charge is 0.396 e. The summed E-state index contributed by atoms with van der Waals surface area (Å²) < 4.78 is 13.5. The molecule has 1 aromatic rings. The lowest BCUT2D eigenvalue weighted by atomic mass is 10.0. The second kappa shape index (κ2) is 6.64. The minimum Gasteiger partial charge on any atom is -0.396 e. The van der Waals surface area contributed by atoms with Crippen molar-refractivity contribution in [2.24, 2.45) is 0 Å². The summed E-state index contributed by atoms with van der Waals surface area (Å²) in [5.74, 6) is -1.19. The molecule has 0 aliphatic carbocycles. The fourth-order valence-corrected chi connectivity index (χ4v) is 2.06. The molecule has 0 spiro atoms. The summed E-state index contributed by atoms with van der Waals surface area (Å²) in [6.07, 6.45) is -3.04. The molecule has 1 rings (SSSR count). The van der Waals surface area contributed by atoms with Crippen LogP contribution in [0.4, 0.5) is 15.8 Å². The molecule has 0 saturated heterocycles. The molecule has 4 N–H and O–H groups in total. The quantitative estimate of drug-likeness (QED) is 0.420. The standard InChI is InChI=1S/C11H13FN2O5S/c1-5(15)20-4-9(16)11(17)7-2-6(14(18)19)3-8(12)10(7)13/h2-3,9,11,16-17H,4,13H2,1H3. The van der Waals surface area contributed by atoms with Crippen molar-refractivity contribution < 1.29 is 24.3 Å². The van der Waals surface area contributed by atoms with Crippen LogP contribution in [0.25, 0.3) is 0 Å². The van der Waals surface area contributed by atoms with Crippen molar-refractivity contribution >= 4 is 28.3 Å². The molecule has 9 heteroatoms. The van der Waals surface area contributed by atoms with Crippen LogP contribution in [-0.4, -0.2) is 32.1 Å². The number of aliphatic hydroxyl groups is 2. The number of aliphatic hydroxyl groups excluding tert-OH is 2. The molecule has 0 amide bonds. The van der Waals surface area contributed by atoms with Crippen LogP contribution >= 0.6 is 11.8 Å². The van der Waals surface area contributed by atoms with Crippen LogP contribution in [0.15, 0.2) is 12.1 Å². The van der Waals surface area contributed by atoms with E-state index in [0.717, 1.165) is 17.8 Å². The maximum absolute atomic E-state index is 13.5. The fourth-order valence-electron chi connectivity index (χ4n) is 1.48. The van der Waals surface area contributed by atoms with E-state index in [4.69, 9.17) is 5.73 Å². The van der Waals surface area contributed by atoms with Gasteiger partial charge < -0.3 is 15.9 Å². The van der Waals surface area contributed by atoms with Gasteiger partial charge in [0.05, 0.1) is 22.8 Å². The van der Waals surface area contributed by atoms with E-state index in [1.165, 1.54) is 6.92 Å². The molecule has 0 saturated carbocycles. The Balaban J connectivity index is 3.05. The number of halogens is 1. The third kappa shape index (κ3) is 3.89. The van der Waals surface area contributed by atoms with Crippen molar-refractivity contribution in [3.05, 3.63) is 33.6 Å². The van der Waals surface area contributed by atoms with Gasteiger partial charge in [-0.1, -0.05) is 11.8 Å². The average Bonchev–Trinajstić information content (AvgIpc) is 2.37. The minimum absolute atomic E-state index is 0.139. The van der Waals surface area contributed by atoms with Crippen molar-refractivity contribution in [1.82, 2.24) is 0 Å². The third-order valence-corrected chi connectivity index (χ3v) is 3.41. The summed E-state index contributed by atoms with van der Waals surface area (Å²) in [5, 5.41) is 29.9. The first-order chi connectivity index (χ1) is 9.23. The van der Waals surface area contributed by atoms with Gasteiger partial charge in [-0.25, -0.2) is 4.39 Å². The molecule has 20 heavy (non-hydrogen) atoms. The first-order valence-corrected chi connectivity index (χ1v) is 6.45. The van der Waals surface area contributed by atoms with E-state index >= 15 is 0 Å². The Morgan fingerprint density at radius 1 is 1.55 bits per heavy atom. The van der Waals surface area contributed by atoms with Gasteiger partial charge >= 0.3 is 0 Å². The molecule has 7 nitrogen and oxygen atoms in total. The van der Waals surface area contributed by atoms with E-state index in [9.17, 15) is 29.5 Å². The van der Waals surface area contributed by atoms with Crippen LogP contribution in [0, 0.1) is 15.9 Å². The van der Waals surface area contributed by atoms with Crippen LogP contribution in [0.3, 0.4) is 0 Å². The second-order valence-corrected chi connectivity index (χ2v) is 5.20. The van der Waals surface area contributed by atoms with E-state index < -0.39 is 34.3 Å². The zero-order chi connectivity index (χ0) is 15.4. The van der Waals surface area contributed by atoms with E-state index in [1.54, 1.807) is 0 Å². The maximum atomic E-state index is 13.5. The van der Waals surface area contributed by atoms with Crippen molar-refractivity contribution in [3.8, 4) is 0 Å². The number of nitrogen functional groups attached to an aromatic ring is 1. The molecule has 0 fully saturated rings. The monoisotopic (exact) mass is 304 g/mol. The summed E-state index contributed by atoms with van der Waals surface area (Å²) in [6, 6.07) is 1.52. The molecular formula is C11H13FN2O5S. The summed E-state index contributed by atoms with van der Waals surface area (Å²) >= 11 is 0.766. The van der Waals surface area contributed by atoms with Gasteiger partial charge in [-0.3, -0.25) is 14.9 Å². The van der Waals surface area contributed by atoms with Crippen LogP contribution in [0.5, 0.6) is 0 Å². The molecule has 0 aliphatic heterocycles. The highest BCUT2D eigenvalue weighted by atomic mass is 32.2. The van der Waals surface area contributed by atoms with Crippen molar-refractivity contribution in [1.29, 1.82) is 0 Å². The molecule has 0 bridgehead atoms. The lowest BCUT2D eigenvalue weighted by Gasteiger charge is -2.19. The predicted molar refractivity (Wildman–Crippen MR) is 71.6 cm³/mol. The van der Waals surface area contributed by atoms with E-state index in [2.05, 4.69) is 0 Å². The number of carbonyl (C=O) groups is 1. The lowest BCUT2D eigenvalue weighted by molar-refractivity contribution is -0.385. The Bertz CT molecular complexity index is 540. The number of thioether (sulfide) groups is 1. The Morgan fingerprint density at radius 2 is 2.15 bits per heavy atom. The predicted octanol–water partition coefficient (Wildman–Crippen LogP) is 0.990. The Labute approximate surface area is 117 Å². The Hall–Kier alpha value is -1.71. The number of nitro benzene ring substituents is 1. The first-order valence-electron chi connectivity index (χ1n) is 5.46. The number of nitrogens with two attached hydrogens (primary N) is 1. The number of carbonyl (C=O) groups excluding carboxylic acids is 1. The summed E-state index contributed by atoms with van der Waals surface area (Å²) in [7, 11) is 0. The molecule has 2 unspecified atom stereocenters. The van der Waals surface area contributed by atoms with Gasteiger partial charge in [-0.05, 0) is 0 Å². The van der Waals surface area contributed by atoms with Gasteiger partial charge in [0, 0.05) is 24.3 Å². The zero-order valence-electron chi connectivity index (χ0n) is 10.4. The van der Waals surface area contributed by atoms with E-state index in [-0.39, 0.29) is 16.4 Å². The molecule has 0 aliphatic rings. The normalized spacial score (nSPS) is 13.8. The number of non-ortho nitro benzene ring substituents is 1. The summed E-state index contributed by atoms with van der Waals surface area (Å²) in [5.41, 5.74) is 4.06. The number of hydrogen-bond acceptors (Lipinski definition) is 7. The Kier molecular flexibility index (Phi) is 5.43. The summed E-state index contributed by atoms with van der Waals surface area (Å²) in [6.45, 7) is 1.28. The smallest absolute Gasteiger partial charge is 0.272 e. The van der Waals surface area contributed by atoms with Crippen LogP contribution in [0.2, 0.25) is 0 Å². The number of benzene rings is 1. The number of rotatable bonds is 5. The van der Waals surface area contributed by atoms with Gasteiger partial charge in [0.1, 0.15) is 6.10 Å². The lowest BCUT2D eigenvalue weighted by Crippen LogP contribution is -2.22. The highest BCUT2D eigenvalue weighted by Gasteiger charge is 2.25. The maximum Gasteiger partial charge on any atom is 0.272 e. The van der Waals surface area contributed by atoms with Gasteiger partial charge in [0.25, 0.3) is 5.69 Å². The average molecular weight is 304 g/mol. The van der Waals surface area contributed by atoms with E-state index in [1.807, 2.05) is 0 Å². The first kappa shape index (κ1) is 16.3. The van der Waals surface area contributed by atoms with Crippen LogP contribution in [-0.2, 0) is 4.79 Å². The topological polar surface area (TPSA) is 127 Å². The second-order valence-electron chi connectivity index (χ2n) is 4.00. The number of nitrogens with zero attached hydrogens (tertiary/aromatic N) is 1. The molecule has 110 valence electrons. The molecular weight excluding hydrogens is 291 g/mol. The van der Waals surface area contributed by atoms with Crippen molar-refractivity contribution in [2.45, 2.75) is 19.1 Å². The van der Waals surface area contributed by atoms with Gasteiger partial charge in [-0.2, -0.15) is 0 Å². The molecule has 0 radical (unpaired) electrons. The van der Waals surface area contributed by atoms with Gasteiger partial charge in [0.2, 0.25) is 0 Å². The number of anilines is 1. The van der Waals surface area contributed by atoms with Gasteiger partial charge in [-0.15, -0.1) is 0 Å². The van der Waals surface area contributed by atoms with Crippen molar-refractivity contribution in [2.75, 3.05) is 11.5 Å². The van der Waals surface area contributed by atoms with Crippen LogP contribution < -0.4 is 5.73 Å². The van der Waals surface area contributed by atoms with Crippen LogP contribution in [0.1, 0.15) is 18.6 Å². The number of nitro groups is 1. The van der Waals surface area contributed by atoms with E-state index in [0.29, 0.717) is 6.07 Å². The highest BCUT2D eigenvalue weighted by Crippen LogP contribution is 2.31. The summed E-state index contributed by atoms with van der Waals surface area (Å²) in [4.78, 5) is 20.6. The van der Waals surface area contributed by atoms with Crippen molar-refractivity contribution in [3.63, 3.8) is 0 Å². The van der Waals surface area contributed by atoms with Gasteiger partial charge in [0.15, 0.2) is 10.9 Å². The number of hydrogen-bond donors (Lipinski definition) is 3. The Morgan fingerprint density at radius 3 is 2.65 bits per heavy atom. The highest BCUT2D eigenvalue weighted by molar-refractivity contribution is 8.13. The molecule has 2 atom stereocenters. The molecule has 1 aromatic carbocycles. The zero-order valence-corrected chi connectivity index (χ0v) is 11.3. The molecule has 0 aromatic heterocycles. The molecule has 0 heterocycles. The SMILES string of the molecule is CC(=O)SCC(O)C(O)c1cc([N+](=O)[O-])cc(F)c1N. The fraction of sp³-hybridized carbons (Fsp3) is 0.364. The minimum atomic E-state index is -1.63. The third-order valence-electron chi connectivity index (χ3n) is 2.50.